The molecule has 0 fully saturated rings. The molecule has 0 saturated heterocycles. The maximum absolute atomic E-state index is 9.64. The van der Waals surface area contributed by atoms with Gasteiger partial charge in [-0.2, -0.15) is 5.26 Å². The second kappa shape index (κ2) is 7.58. The summed E-state index contributed by atoms with van der Waals surface area (Å²) < 4.78 is 0. The topological polar surface area (TPSA) is 64.2 Å². The Morgan fingerprint density at radius 3 is 1.54 bits per heavy atom. The second-order valence-electron chi connectivity index (χ2n) is 5.99. The van der Waals surface area contributed by atoms with E-state index in [-0.39, 0.29) is 11.5 Å². The van der Waals surface area contributed by atoms with Crippen LogP contribution in [0.3, 0.4) is 0 Å². The highest BCUT2D eigenvalue weighted by atomic mass is 16.3. The molecule has 2 N–H and O–H groups in total. The normalized spacial score (nSPS) is 10.2. The van der Waals surface area contributed by atoms with Gasteiger partial charge in [0.2, 0.25) is 0 Å². The van der Waals surface area contributed by atoms with Crippen LogP contribution in [-0.2, 0) is 0 Å². The molecule has 0 saturated carbocycles. The Morgan fingerprint density at radius 1 is 0.731 bits per heavy atom. The van der Waals surface area contributed by atoms with E-state index in [1.807, 2.05) is 48.5 Å². The fourth-order valence-corrected chi connectivity index (χ4v) is 3.04. The lowest BCUT2D eigenvalue weighted by Gasteiger charge is -2.16. The van der Waals surface area contributed by atoms with E-state index in [0.717, 1.165) is 34.3 Å². The van der Waals surface area contributed by atoms with Crippen LogP contribution in [0.25, 0.3) is 11.1 Å². The van der Waals surface area contributed by atoms with Crippen LogP contribution in [0, 0.1) is 11.3 Å². The molecule has 3 heteroatoms. The summed E-state index contributed by atoms with van der Waals surface area (Å²) in [4.78, 5) is 0. The summed E-state index contributed by atoms with van der Waals surface area (Å²) in [6.45, 7) is 2.09. The first-order valence-corrected chi connectivity index (χ1v) is 8.45. The van der Waals surface area contributed by atoms with Crippen molar-refractivity contribution in [3.05, 3.63) is 95.1 Å². The average molecular weight is 341 g/mol. The fraction of sp³-hybridized carbons (Fsp3) is 0.0870. The lowest BCUT2D eigenvalue weighted by Crippen LogP contribution is -1.95. The van der Waals surface area contributed by atoms with E-state index in [4.69, 9.17) is 5.26 Å². The molecule has 3 aromatic rings. The van der Waals surface area contributed by atoms with Crippen LogP contribution in [-0.4, -0.2) is 10.2 Å². The minimum Gasteiger partial charge on any atom is -0.508 e. The second-order valence-corrected chi connectivity index (χ2v) is 5.99. The molecule has 3 rings (SSSR count). The van der Waals surface area contributed by atoms with Gasteiger partial charge < -0.3 is 10.2 Å². The zero-order chi connectivity index (χ0) is 18.5. The molecule has 26 heavy (non-hydrogen) atoms. The Hall–Kier alpha value is -3.51. The average Bonchev–Trinajstić information content (AvgIpc) is 2.68. The lowest BCUT2D eigenvalue weighted by atomic mass is 9.88. The summed E-state index contributed by atoms with van der Waals surface area (Å²) in [6.07, 6.45) is 0.795. The number of rotatable bonds is 4. The van der Waals surface area contributed by atoms with Gasteiger partial charge in [0.15, 0.2) is 0 Å². The monoisotopic (exact) mass is 341 g/mol. The first-order valence-electron chi connectivity index (χ1n) is 8.45. The third kappa shape index (κ3) is 3.60. The maximum atomic E-state index is 9.64. The third-order valence-corrected chi connectivity index (χ3v) is 4.33. The fourth-order valence-electron chi connectivity index (χ4n) is 3.04. The van der Waals surface area contributed by atoms with Gasteiger partial charge in [-0.3, -0.25) is 0 Å². The van der Waals surface area contributed by atoms with Crippen molar-refractivity contribution in [2.75, 3.05) is 0 Å². The number of allylic oxidation sites excluding steroid dienone is 1. The van der Waals surface area contributed by atoms with Crippen molar-refractivity contribution in [2.45, 2.75) is 13.3 Å². The highest BCUT2D eigenvalue weighted by Gasteiger charge is 2.13. The number of nitriles is 1. The van der Waals surface area contributed by atoms with Gasteiger partial charge >= 0.3 is 0 Å². The minimum atomic E-state index is 0.218. The van der Waals surface area contributed by atoms with E-state index in [0.29, 0.717) is 5.56 Å². The SMILES string of the molecule is CCC(=C(c1ccc(O)cc1)c1ccc(O)cc1)c1ccc(C#N)cc1. The van der Waals surface area contributed by atoms with Crippen LogP contribution in [0.4, 0.5) is 0 Å². The number of nitrogens with zero attached hydrogens (tertiary/aromatic N) is 1. The van der Waals surface area contributed by atoms with Crippen LogP contribution in [0.5, 0.6) is 11.5 Å². The summed E-state index contributed by atoms with van der Waals surface area (Å²) in [5.41, 5.74) is 5.80. The lowest BCUT2D eigenvalue weighted by molar-refractivity contribution is 0.475. The van der Waals surface area contributed by atoms with Crippen LogP contribution in [0.1, 0.15) is 35.6 Å². The van der Waals surface area contributed by atoms with Gasteiger partial charge in [-0.25, -0.2) is 0 Å². The predicted octanol–water partition coefficient (Wildman–Crippen LogP) is 5.34. The third-order valence-electron chi connectivity index (χ3n) is 4.33. The molecule has 0 radical (unpaired) electrons. The van der Waals surface area contributed by atoms with E-state index in [1.165, 1.54) is 0 Å². The number of benzene rings is 3. The molecule has 0 amide bonds. The molecule has 0 atom stereocenters. The van der Waals surface area contributed by atoms with Crippen molar-refractivity contribution in [3.63, 3.8) is 0 Å². The molecule has 0 aliphatic rings. The molecule has 0 spiro atoms. The van der Waals surface area contributed by atoms with Gasteiger partial charge in [-0.1, -0.05) is 43.3 Å². The Labute approximate surface area is 153 Å². The van der Waals surface area contributed by atoms with Crippen LogP contribution < -0.4 is 0 Å². The number of aromatic hydroxyl groups is 2. The summed E-state index contributed by atoms with van der Waals surface area (Å²) in [7, 11) is 0. The smallest absolute Gasteiger partial charge is 0.115 e. The van der Waals surface area contributed by atoms with Crippen molar-refractivity contribution in [1.82, 2.24) is 0 Å². The van der Waals surface area contributed by atoms with Gasteiger partial charge in [0.05, 0.1) is 11.6 Å². The Balaban J connectivity index is 2.24. The molecule has 0 aliphatic carbocycles. The molecule has 128 valence electrons. The van der Waals surface area contributed by atoms with Gasteiger partial charge in [-0.05, 0) is 70.7 Å². The Kier molecular flexibility index (Phi) is 5.05. The van der Waals surface area contributed by atoms with Gasteiger partial charge in [0, 0.05) is 0 Å². The number of hydrogen-bond donors (Lipinski definition) is 2. The minimum absolute atomic E-state index is 0.218. The summed E-state index contributed by atoms with van der Waals surface area (Å²) in [5.74, 6) is 0.436. The quantitative estimate of drug-likeness (QED) is 0.630. The number of phenols is 2. The van der Waals surface area contributed by atoms with Crippen LogP contribution in [0.2, 0.25) is 0 Å². The van der Waals surface area contributed by atoms with Gasteiger partial charge in [0.1, 0.15) is 11.5 Å². The molecular weight excluding hydrogens is 322 g/mol. The van der Waals surface area contributed by atoms with Crippen molar-refractivity contribution < 1.29 is 10.2 Å². The van der Waals surface area contributed by atoms with E-state index >= 15 is 0 Å². The standard InChI is InChI=1S/C23H19NO2/c1-2-22(17-5-3-16(15-24)4-6-17)23(18-7-11-20(25)12-8-18)19-9-13-21(26)14-10-19/h3-14,25-26H,2H2,1H3. The number of phenolic OH excluding ortho intramolecular Hbond substituents is 2. The van der Waals surface area contributed by atoms with E-state index < -0.39 is 0 Å². The number of hydrogen-bond acceptors (Lipinski definition) is 3. The molecular formula is C23H19NO2. The zero-order valence-electron chi connectivity index (χ0n) is 14.5. The molecule has 0 heterocycles. The predicted molar refractivity (Wildman–Crippen MR) is 104 cm³/mol. The maximum Gasteiger partial charge on any atom is 0.115 e. The van der Waals surface area contributed by atoms with Crippen LogP contribution in [0.15, 0.2) is 72.8 Å². The summed E-state index contributed by atoms with van der Waals surface area (Å²) in [5, 5.41) is 28.3. The zero-order valence-corrected chi connectivity index (χ0v) is 14.5. The molecule has 0 aliphatic heterocycles. The van der Waals surface area contributed by atoms with Crippen molar-refractivity contribution in [1.29, 1.82) is 5.26 Å². The first-order chi connectivity index (χ1) is 12.6. The van der Waals surface area contributed by atoms with Crippen LogP contribution >= 0.6 is 0 Å². The first kappa shape index (κ1) is 17.3. The largest absolute Gasteiger partial charge is 0.508 e. The molecule has 0 unspecified atom stereocenters. The molecule has 0 bridgehead atoms. The van der Waals surface area contributed by atoms with E-state index in [2.05, 4.69) is 13.0 Å². The molecule has 3 nitrogen and oxygen atoms in total. The summed E-state index contributed by atoms with van der Waals surface area (Å²) >= 11 is 0. The Morgan fingerprint density at radius 2 is 1.15 bits per heavy atom. The van der Waals surface area contributed by atoms with Crippen molar-refractivity contribution in [3.8, 4) is 17.6 Å². The van der Waals surface area contributed by atoms with E-state index in [9.17, 15) is 10.2 Å². The Bertz CT molecular complexity index is 913. The highest BCUT2D eigenvalue weighted by molar-refractivity contribution is 5.98. The molecule has 0 aromatic heterocycles. The summed E-state index contributed by atoms with van der Waals surface area (Å²) in [6, 6.07) is 23.9. The van der Waals surface area contributed by atoms with Crippen molar-refractivity contribution >= 4 is 11.1 Å². The van der Waals surface area contributed by atoms with E-state index in [1.54, 1.807) is 24.3 Å². The van der Waals surface area contributed by atoms with Gasteiger partial charge in [0.25, 0.3) is 0 Å². The van der Waals surface area contributed by atoms with Crippen molar-refractivity contribution in [2.24, 2.45) is 0 Å². The van der Waals surface area contributed by atoms with Gasteiger partial charge in [-0.15, -0.1) is 0 Å². The molecule has 3 aromatic carbocycles. The highest BCUT2D eigenvalue weighted by Crippen LogP contribution is 2.35.